The van der Waals surface area contributed by atoms with E-state index < -0.39 is 23.0 Å². The quantitative estimate of drug-likeness (QED) is 0.318. The van der Waals surface area contributed by atoms with Crippen molar-refractivity contribution >= 4 is 34.1 Å². The van der Waals surface area contributed by atoms with Crippen LogP contribution >= 0.6 is 23.2 Å². The van der Waals surface area contributed by atoms with Gasteiger partial charge in [-0.05, 0) is 43.7 Å². The van der Waals surface area contributed by atoms with Crippen molar-refractivity contribution in [2.45, 2.75) is 32.3 Å². The summed E-state index contributed by atoms with van der Waals surface area (Å²) in [7, 11) is 0. The van der Waals surface area contributed by atoms with Gasteiger partial charge < -0.3 is 10.5 Å². The van der Waals surface area contributed by atoms with E-state index in [1.807, 2.05) is 6.92 Å². The van der Waals surface area contributed by atoms with E-state index in [0.29, 0.717) is 35.5 Å². The number of benzene rings is 2. The van der Waals surface area contributed by atoms with E-state index in [2.05, 4.69) is 15.2 Å². The molecule has 1 atom stereocenters. The molecule has 0 fully saturated rings. The fraction of sp³-hybridized carbons (Fsp3) is 0.250. The van der Waals surface area contributed by atoms with Crippen molar-refractivity contribution < 1.29 is 13.5 Å². The van der Waals surface area contributed by atoms with E-state index >= 15 is 0 Å². The molecule has 0 saturated carbocycles. The molecule has 0 aliphatic heterocycles. The van der Waals surface area contributed by atoms with Crippen LogP contribution in [0.25, 0.3) is 11.4 Å². The smallest absolute Gasteiger partial charge is 0.192 e. The molecule has 0 spiro atoms. The van der Waals surface area contributed by atoms with Gasteiger partial charge in [0.15, 0.2) is 34.6 Å². The van der Waals surface area contributed by atoms with Crippen molar-refractivity contribution in [3.05, 3.63) is 58.4 Å². The Kier molecular flexibility index (Phi) is 6.28. The van der Waals surface area contributed by atoms with Crippen LogP contribution in [0.15, 0.2) is 30.3 Å². The van der Waals surface area contributed by atoms with E-state index in [4.69, 9.17) is 39.1 Å². The fourth-order valence-corrected chi connectivity index (χ4v) is 3.41. The van der Waals surface area contributed by atoms with Crippen LogP contribution in [0.1, 0.15) is 38.1 Å². The first kappa shape index (κ1) is 22.0. The minimum Gasteiger partial charge on any atom is -0.473 e. The van der Waals surface area contributed by atoms with Crippen LogP contribution in [0, 0.1) is 17.0 Å². The number of halogens is 4. The fourth-order valence-electron chi connectivity index (χ4n) is 3.06. The number of hydrogen-bond donors (Lipinski definition) is 3. The van der Waals surface area contributed by atoms with Gasteiger partial charge in [-0.15, -0.1) is 0 Å². The lowest BCUT2D eigenvalue weighted by Crippen LogP contribution is -2.31. The van der Waals surface area contributed by atoms with E-state index in [1.54, 1.807) is 25.1 Å². The number of aromatic amines is 1. The summed E-state index contributed by atoms with van der Waals surface area (Å²) in [5.74, 6) is -1.78. The maximum Gasteiger partial charge on any atom is 0.192 e. The van der Waals surface area contributed by atoms with Crippen LogP contribution in [0.4, 0.5) is 14.5 Å². The normalized spacial score (nSPS) is 13.1. The lowest BCUT2D eigenvalue weighted by molar-refractivity contribution is 0.0572. The Morgan fingerprint density at radius 1 is 1.27 bits per heavy atom. The Morgan fingerprint density at radius 2 is 1.93 bits per heavy atom. The first-order chi connectivity index (χ1) is 14.1. The first-order valence-corrected chi connectivity index (χ1v) is 9.81. The molecule has 6 nitrogen and oxygen atoms in total. The van der Waals surface area contributed by atoms with Gasteiger partial charge in [0.25, 0.3) is 0 Å². The lowest BCUT2D eigenvalue weighted by atomic mass is 9.99. The Labute approximate surface area is 181 Å². The highest BCUT2D eigenvalue weighted by Crippen LogP contribution is 2.35. The predicted molar refractivity (Wildman–Crippen MR) is 113 cm³/mol. The van der Waals surface area contributed by atoms with Gasteiger partial charge in [0.05, 0.1) is 0 Å². The molecule has 30 heavy (non-hydrogen) atoms. The van der Waals surface area contributed by atoms with Crippen LogP contribution in [0.5, 0.6) is 5.75 Å². The van der Waals surface area contributed by atoms with Gasteiger partial charge in [-0.25, -0.2) is 13.8 Å². The second-order valence-electron chi connectivity index (χ2n) is 6.91. The molecule has 1 heterocycles. The van der Waals surface area contributed by atoms with Crippen LogP contribution in [-0.2, 0) is 5.60 Å². The van der Waals surface area contributed by atoms with E-state index in [1.165, 1.54) is 0 Å². The van der Waals surface area contributed by atoms with Gasteiger partial charge in [-0.2, -0.15) is 5.10 Å². The van der Waals surface area contributed by atoms with Crippen molar-refractivity contribution in [2.75, 3.05) is 5.73 Å². The zero-order valence-corrected chi connectivity index (χ0v) is 17.7. The zero-order valence-electron chi connectivity index (χ0n) is 16.2. The largest absolute Gasteiger partial charge is 0.473 e. The molecule has 0 amide bonds. The first-order valence-electron chi connectivity index (χ1n) is 9.05. The summed E-state index contributed by atoms with van der Waals surface area (Å²) < 4.78 is 34.3. The SMILES string of the molecule is CCCC(C)(Oc1c(F)cc(Cl)cc1F)c1nc(-c2ccc(N)c(C(=N)Cl)c2)n[nH]1. The number of rotatable bonds is 7. The van der Waals surface area contributed by atoms with Gasteiger partial charge >= 0.3 is 0 Å². The zero-order chi connectivity index (χ0) is 22.1. The molecule has 10 heteroatoms. The third-order valence-corrected chi connectivity index (χ3v) is 4.97. The molecular formula is C20H19Cl2F2N5O. The summed E-state index contributed by atoms with van der Waals surface area (Å²) >= 11 is 11.5. The number of nitrogen functional groups attached to an aromatic ring is 1. The molecular weight excluding hydrogens is 435 g/mol. The minimum atomic E-state index is -1.19. The summed E-state index contributed by atoms with van der Waals surface area (Å²) in [4.78, 5) is 4.46. The number of H-pyrrole nitrogens is 1. The Hall–Kier alpha value is -2.71. The second kappa shape index (κ2) is 8.57. The average molecular weight is 454 g/mol. The molecule has 4 N–H and O–H groups in total. The Morgan fingerprint density at radius 3 is 2.53 bits per heavy atom. The molecule has 0 bridgehead atoms. The molecule has 2 aromatic carbocycles. The van der Waals surface area contributed by atoms with Gasteiger partial charge in [-0.1, -0.05) is 36.5 Å². The molecule has 0 aliphatic rings. The topological polar surface area (TPSA) is 101 Å². The van der Waals surface area contributed by atoms with Crippen LogP contribution in [0.3, 0.4) is 0 Å². The van der Waals surface area contributed by atoms with E-state index in [0.717, 1.165) is 12.1 Å². The number of nitrogens with zero attached hydrogens (tertiary/aromatic N) is 2. The van der Waals surface area contributed by atoms with Gasteiger partial charge in [-0.3, -0.25) is 10.5 Å². The third kappa shape index (κ3) is 4.39. The van der Waals surface area contributed by atoms with Gasteiger partial charge in [0, 0.05) is 21.8 Å². The molecule has 3 aromatic rings. The third-order valence-electron chi connectivity index (χ3n) is 4.55. The Bertz CT molecular complexity index is 1080. The van der Waals surface area contributed by atoms with Crippen molar-refractivity contribution in [2.24, 2.45) is 0 Å². The lowest BCUT2D eigenvalue weighted by Gasteiger charge is -2.28. The number of ether oxygens (including phenoxy) is 1. The number of nitrogens with one attached hydrogen (secondary N) is 2. The highest BCUT2D eigenvalue weighted by atomic mass is 35.5. The van der Waals surface area contributed by atoms with Gasteiger partial charge in [0.1, 0.15) is 5.17 Å². The molecule has 0 saturated heterocycles. The molecule has 0 radical (unpaired) electrons. The summed E-state index contributed by atoms with van der Waals surface area (Å²) in [5, 5.41) is 14.3. The highest BCUT2D eigenvalue weighted by molar-refractivity contribution is 6.69. The summed E-state index contributed by atoms with van der Waals surface area (Å²) in [5.41, 5.74) is 5.90. The molecule has 3 rings (SSSR count). The minimum absolute atomic E-state index is 0.0690. The van der Waals surface area contributed by atoms with Crippen molar-refractivity contribution in [3.8, 4) is 17.1 Å². The van der Waals surface area contributed by atoms with Crippen molar-refractivity contribution in [1.82, 2.24) is 15.2 Å². The molecule has 1 unspecified atom stereocenters. The highest BCUT2D eigenvalue weighted by Gasteiger charge is 2.34. The monoisotopic (exact) mass is 453 g/mol. The average Bonchev–Trinajstić information content (AvgIpc) is 3.16. The van der Waals surface area contributed by atoms with Gasteiger partial charge in [0.2, 0.25) is 0 Å². The number of nitrogens with two attached hydrogens (primary N) is 1. The maximum absolute atomic E-state index is 14.3. The predicted octanol–water partition coefficient (Wildman–Crippen LogP) is 5.64. The standard InChI is InChI=1S/C20H19Cl2F2N5O/c1-3-6-20(2,30-16-13(23)8-11(21)9-14(16)24)19-27-18(28-29-19)10-4-5-15(25)12(7-10)17(22)26/h4-5,7-9,26H,3,6,25H2,1-2H3,(H,27,28,29). The number of anilines is 1. The van der Waals surface area contributed by atoms with Crippen molar-refractivity contribution in [3.63, 3.8) is 0 Å². The maximum atomic E-state index is 14.3. The number of hydrogen-bond acceptors (Lipinski definition) is 5. The summed E-state index contributed by atoms with van der Waals surface area (Å²) in [6.45, 7) is 3.57. The van der Waals surface area contributed by atoms with Crippen LogP contribution in [0.2, 0.25) is 5.02 Å². The van der Waals surface area contributed by atoms with Crippen LogP contribution in [-0.4, -0.2) is 20.4 Å². The van der Waals surface area contributed by atoms with E-state index in [-0.39, 0.29) is 16.0 Å². The van der Waals surface area contributed by atoms with Crippen LogP contribution < -0.4 is 10.5 Å². The molecule has 158 valence electrons. The second-order valence-corrected chi connectivity index (χ2v) is 7.72. The Balaban J connectivity index is 2.00. The molecule has 0 aliphatic carbocycles. The summed E-state index contributed by atoms with van der Waals surface area (Å²) in [6, 6.07) is 6.83. The van der Waals surface area contributed by atoms with Crippen molar-refractivity contribution in [1.29, 1.82) is 5.41 Å². The summed E-state index contributed by atoms with van der Waals surface area (Å²) in [6.07, 6.45) is 1.06. The number of aromatic nitrogens is 3. The molecule has 1 aromatic heterocycles. The van der Waals surface area contributed by atoms with E-state index in [9.17, 15) is 8.78 Å².